The summed E-state index contributed by atoms with van der Waals surface area (Å²) in [6, 6.07) is 6.82. The number of hydrogen-bond donors (Lipinski definition) is 1. The number of aliphatic hydroxyl groups is 1. The Morgan fingerprint density at radius 3 is 2.45 bits per heavy atom. The minimum absolute atomic E-state index is 0.272. The molecule has 6 heteroatoms. The Hall–Kier alpha value is -2.05. The first kappa shape index (κ1) is 29.0. The Balaban J connectivity index is 2.66. The summed E-state index contributed by atoms with van der Waals surface area (Å²) in [5.74, 6) is -0.193. The van der Waals surface area contributed by atoms with E-state index in [1.165, 1.54) is 70.9 Å². The first-order chi connectivity index (χ1) is 16.0. The molecule has 1 N–H and O–H groups in total. The fraction of sp³-hybridized carbons (Fsp3) is 0.556. The molecule has 1 aromatic rings. The Labute approximate surface area is 203 Å². The predicted molar refractivity (Wildman–Crippen MR) is 137 cm³/mol. The van der Waals surface area contributed by atoms with E-state index in [4.69, 9.17) is 9.47 Å². The van der Waals surface area contributed by atoms with Crippen LogP contribution in [0.4, 0.5) is 0 Å². The molecule has 2 atom stereocenters. The number of rotatable bonds is 17. The number of ether oxygens (including phenoxy) is 2. The van der Waals surface area contributed by atoms with Crippen LogP contribution in [0.1, 0.15) is 86.7 Å². The second-order valence-corrected chi connectivity index (χ2v) is 9.23. The van der Waals surface area contributed by atoms with Crippen molar-refractivity contribution in [2.45, 2.75) is 76.1 Å². The van der Waals surface area contributed by atoms with Crippen molar-refractivity contribution in [2.75, 3.05) is 20.0 Å². The Bertz CT molecular complexity index is 744. The van der Waals surface area contributed by atoms with E-state index in [0.29, 0.717) is 16.9 Å². The van der Waals surface area contributed by atoms with Gasteiger partial charge in [-0.1, -0.05) is 81.9 Å². The summed E-state index contributed by atoms with van der Waals surface area (Å²) in [4.78, 5) is 23.3. The van der Waals surface area contributed by atoms with Gasteiger partial charge in [-0.2, -0.15) is 11.8 Å². The topological polar surface area (TPSA) is 72.8 Å². The van der Waals surface area contributed by atoms with Crippen LogP contribution in [0.25, 0.3) is 0 Å². The SMILES string of the molecule is CCCCCCCCC/C=C\C=C\[C@H](SCCC(=O)OC)[C@H](O)c1cccc(C(=O)OC)c1. The molecular formula is C27H40O5S. The molecule has 0 unspecified atom stereocenters. The number of aliphatic hydroxyl groups excluding tert-OH is 1. The van der Waals surface area contributed by atoms with E-state index < -0.39 is 12.1 Å². The Morgan fingerprint density at radius 1 is 1.03 bits per heavy atom. The molecule has 0 saturated heterocycles. The van der Waals surface area contributed by atoms with Crippen LogP contribution in [-0.2, 0) is 14.3 Å². The molecule has 0 heterocycles. The zero-order chi connectivity index (χ0) is 24.3. The second-order valence-electron chi connectivity index (χ2n) is 7.95. The monoisotopic (exact) mass is 476 g/mol. The molecule has 1 aromatic carbocycles. The summed E-state index contributed by atoms with van der Waals surface area (Å²) in [5, 5.41) is 10.7. The number of carbonyl (C=O) groups is 2. The fourth-order valence-corrected chi connectivity index (χ4v) is 4.46. The van der Waals surface area contributed by atoms with Gasteiger partial charge < -0.3 is 14.6 Å². The third-order valence-corrected chi connectivity index (χ3v) is 6.57. The molecule has 0 saturated carbocycles. The van der Waals surface area contributed by atoms with Crippen molar-refractivity contribution < 1.29 is 24.2 Å². The summed E-state index contributed by atoms with van der Waals surface area (Å²) in [5.41, 5.74) is 1.02. The highest BCUT2D eigenvalue weighted by molar-refractivity contribution is 8.00. The molecular weight excluding hydrogens is 436 g/mol. The quantitative estimate of drug-likeness (QED) is 0.159. The van der Waals surface area contributed by atoms with Crippen LogP contribution < -0.4 is 0 Å². The van der Waals surface area contributed by atoms with Crippen molar-refractivity contribution in [3.8, 4) is 0 Å². The summed E-state index contributed by atoms with van der Waals surface area (Å²) in [6.45, 7) is 2.24. The zero-order valence-corrected chi connectivity index (χ0v) is 21.1. The van der Waals surface area contributed by atoms with Gasteiger partial charge in [0.1, 0.15) is 0 Å². The maximum absolute atomic E-state index is 11.8. The van der Waals surface area contributed by atoms with Gasteiger partial charge in [-0.15, -0.1) is 0 Å². The molecule has 0 aliphatic rings. The van der Waals surface area contributed by atoms with Crippen LogP contribution in [0, 0.1) is 0 Å². The van der Waals surface area contributed by atoms with Crippen molar-refractivity contribution in [3.05, 3.63) is 59.7 Å². The largest absolute Gasteiger partial charge is 0.469 e. The number of methoxy groups -OCH3 is 2. The number of unbranched alkanes of at least 4 members (excludes halogenated alkanes) is 7. The Morgan fingerprint density at radius 2 is 1.76 bits per heavy atom. The van der Waals surface area contributed by atoms with E-state index >= 15 is 0 Å². The van der Waals surface area contributed by atoms with Crippen molar-refractivity contribution in [3.63, 3.8) is 0 Å². The van der Waals surface area contributed by atoms with Gasteiger partial charge in [0.05, 0.1) is 37.6 Å². The molecule has 0 amide bonds. The van der Waals surface area contributed by atoms with E-state index in [-0.39, 0.29) is 17.6 Å². The maximum Gasteiger partial charge on any atom is 0.337 e. The van der Waals surface area contributed by atoms with Crippen LogP contribution >= 0.6 is 11.8 Å². The lowest BCUT2D eigenvalue weighted by molar-refractivity contribution is -0.140. The maximum atomic E-state index is 11.8. The minimum Gasteiger partial charge on any atom is -0.469 e. The van der Waals surface area contributed by atoms with Crippen LogP contribution in [-0.4, -0.2) is 42.3 Å². The molecule has 184 valence electrons. The average Bonchev–Trinajstić information content (AvgIpc) is 2.85. The molecule has 5 nitrogen and oxygen atoms in total. The molecule has 0 aromatic heterocycles. The summed E-state index contributed by atoms with van der Waals surface area (Å²) >= 11 is 1.48. The van der Waals surface area contributed by atoms with Gasteiger partial charge >= 0.3 is 11.9 Å². The first-order valence-electron chi connectivity index (χ1n) is 11.9. The van der Waals surface area contributed by atoms with E-state index in [0.717, 1.165) is 6.42 Å². The lowest BCUT2D eigenvalue weighted by Gasteiger charge is -2.20. The number of allylic oxidation sites excluding steroid dienone is 3. The number of hydrogen-bond acceptors (Lipinski definition) is 6. The normalized spacial score (nSPS) is 13.3. The highest BCUT2D eigenvalue weighted by atomic mass is 32.2. The van der Waals surface area contributed by atoms with Crippen molar-refractivity contribution in [2.24, 2.45) is 0 Å². The molecule has 0 fully saturated rings. The van der Waals surface area contributed by atoms with Crippen LogP contribution in [0.2, 0.25) is 0 Å². The summed E-state index contributed by atoms with van der Waals surface area (Å²) in [6.07, 6.45) is 17.6. The molecule has 1 rings (SSSR count). The fourth-order valence-electron chi connectivity index (χ4n) is 3.36. The van der Waals surface area contributed by atoms with Crippen molar-refractivity contribution >= 4 is 23.7 Å². The third kappa shape index (κ3) is 12.7. The van der Waals surface area contributed by atoms with E-state index in [1.807, 2.05) is 18.2 Å². The number of thioether (sulfide) groups is 1. The molecule has 0 aliphatic heterocycles. The Kier molecular flexibility index (Phi) is 16.1. The second kappa shape index (κ2) is 18.4. The lowest BCUT2D eigenvalue weighted by Crippen LogP contribution is -2.15. The standard InChI is InChI=1S/C27H40O5S/c1-4-5-6-7-8-9-10-11-12-13-14-18-24(33-20-19-25(28)31-2)26(29)22-16-15-17-23(21-22)27(30)32-3/h12-18,21,24,26,29H,4-11,19-20H2,1-3H3/b13-12-,18-14+/t24-,26+/m0/s1. The van der Waals surface area contributed by atoms with Crippen molar-refractivity contribution in [1.82, 2.24) is 0 Å². The number of benzene rings is 1. The van der Waals surface area contributed by atoms with Crippen LogP contribution in [0.3, 0.4) is 0 Å². The zero-order valence-electron chi connectivity index (χ0n) is 20.3. The number of carbonyl (C=O) groups excluding carboxylic acids is 2. The van der Waals surface area contributed by atoms with Gasteiger partial charge in [0.25, 0.3) is 0 Å². The molecule has 33 heavy (non-hydrogen) atoms. The average molecular weight is 477 g/mol. The highest BCUT2D eigenvalue weighted by Crippen LogP contribution is 2.29. The first-order valence-corrected chi connectivity index (χ1v) is 13.0. The van der Waals surface area contributed by atoms with Gasteiger partial charge in [-0.3, -0.25) is 4.79 Å². The molecule has 0 radical (unpaired) electrons. The number of esters is 2. The van der Waals surface area contributed by atoms with Gasteiger partial charge in [0, 0.05) is 5.75 Å². The molecule has 0 aliphatic carbocycles. The van der Waals surface area contributed by atoms with E-state index in [9.17, 15) is 14.7 Å². The summed E-state index contributed by atoms with van der Waals surface area (Å²) < 4.78 is 9.49. The van der Waals surface area contributed by atoms with Gasteiger partial charge in [-0.05, 0) is 30.5 Å². The smallest absolute Gasteiger partial charge is 0.337 e. The predicted octanol–water partition coefficient (Wildman–Crippen LogP) is 6.42. The summed E-state index contributed by atoms with van der Waals surface area (Å²) in [7, 11) is 2.70. The van der Waals surface area contributed by atoms with E-state index in [1.54, 1.807) is 24.3 Å². The lowest BCUT2D eigenvalue weighted by atomic mass is 10.0. The van der Waals surface area contributed by atoms with Crippen LogP contribution in [0.5, 0.6) is 0 Å². The van der Waals surface area contributed by atoms with Gasteiger partial charge in [-0.25, -0.2) is 4.79 Å². The molecule has 0 spiro atoms. The third-order valence-electron chi connectivity index (χ3n) is 5.33. The van der Waals surface area contributed by atoms with Crippen LogP contribution in [0.15, 0.2) is 48.6 Å². The molecule has 0 bridgehead atoms. The van der Waals surface area contributed by atoms with Gasteiger partial charge in [0.2, 0.25) is 0 Å². The highest BCUT2D eigenvalue weighted by Gasteiger charge is 2.20. The van der Waals surface area contributed by atoms with E-state index in [2.05, 4.69) is 13.0 Å². The van der Waals surface area contributed by atoms with Gasteiger partial charge in [0.15, 0.2) is 0 Å². The minimum atomic E-state index is -0.829. The van der Waals surface area contributed by atoms with Crippen molar-refractivity contribution in [1.29, 1.82) is 0 Å².